The quantitative estimate of drug-likeness (QED) is 0.403. The second kappa shape index (κ2) is 11.5. The molecule has 2 atom stereocenters. The molecule has 0 saturated heterocycles. The van der Waals surface area contributed by atoms with Gasteiger partial charge in [-0.15, -0.1) is 0 Å². The number of methoxy groups -OCH3 is 1. The molecule has 2 rings (SSSR count). The lowest BCUT2D eigenvalue weighted by molar-refractivity contribution is -0.145. The summed E-state index contributed by atoms with van der Waals surface area (Å²) < 4.78 is 5.89. The van der Waals surface area contributed by atoms with Crippen LogP contribution in [0.4, 0.5) is 0 Å². The van der Waals surface area contributed by atoms with Crippen LogP contribution in [0.15, 0.2) is 54.6 Å². The van der Waals surface area contributed by atoms with Crippen LogP contribution in [-0.4, -0.2) is 30.9 Å². The molecule has 0 unspecified atom stereocenters. The van der Waals surface area contributed by atoms with Gasteiger partial charge in [0.1, 0.15) is 6.04 Å². The molecule has 0 radical (unpaired) electrons. The molecular weight excluding hydrogens is 483 g/mol. The van der Waals surface area contributed by atoms with E-state index in [1.54, 1.807) is 0 Å². The fourth-order valence-corrected chi connectivity index (χ4v) is 3.18. The molecule has 2 amide bonds. The molecule has 29 heavy (non-hydrogen) atoms. The Morgan fingerprint density at radius 3 is 2.10 bits per heavy atom. The summed E-state index contributed by atoms with van der Waals surface area (Å²) in [5.41, 5.74) is 1.91. The average molecular weight is 508 g/mol. The Balaban J connectivity index is 1.85. The first kappa shape index (κ1) is 22.9. The van der Waals surface area contributed by atoms with Gasteiger partial charge in [0.05, 0.1) is 13.2 Å². The predicted octanol–water partition coefficient (Wildman–Crippen LogP) is 3.15. The monoisotopic (exact) mass is 508 g/mol. The maximum atomic E-state index is 12.3. The molecule has 0 aliphatic carbocycles. The maximum Gasteiger partial charge on any atom is 0.328 e. The zero-order valence-corrected chi connectivity index (χ0v) is 18.6. The highest BCUT2D eigenvalue weighted by atomic mass is 127. The summed E-state index contributed by atoms with van der Waals surface area (Å²) in [5.74, 6) is -1.10. The first-order chi connectivity index (χ1) is 13.9. The van der Waals surface area contributed by atoms with Crippen molar-refractivity contribution in [2.45, 2.75) is 38.3 Å². The molecule has 2 aromatic carbocycles. The van der Waals surface area contributed by atoms with E-state index in [-0.39, 0.29) is 30.7 Å². The van der Waals surface area contributed by atoms with Crippen LogP contribution in [-0.2, 0) is 25.5 Å². The minimum atomic E-state index is -0.793. The zero-order valence-electron chi connectivity index (χ0n) is 16.5. The highest BCUT2D eigenvalue weighted by Crippen LogP contribution is 2.12. The Hall–Kier alpha value is -2.42. The van der Waals surface area contributed by atoms with Crippen molar-refractivity contribution in [2.24, 2.45) is 0 Å². The second-order valence-electron chi connectivity index (χ2n) is 6.67. The van der Waals surface area contributed by atoms with Crippen molar-refractivity contribution in [3.63, 3.8) is 0 Å². The van der Waals surface area contributed by atoms with Crippen molar-refractivity contribution in [1.82, 2.24) is 10.6 Å². The minimum Gasteiger partial charge on any atom is -0.467 e. The number of hydrogen-bond acceptors (Lipinski definition) is 4. The highest BCUT2D eigenvalue weighted by Gasteiger charge is 2.22. The van der Waals surface area contributed by atoms with Crippen LogP contribution in [0.25, 0.3) is 0 Å². The number of nitrogens with one attached hydrogen (secondary N) is 2. The number of ether oxygens (including phenoxy) is 1. The number of carbonyl (C=O) groups is 3. The van der Waals surface area contributed by atoms with Crippen LogP contribution in [0.3, 0.4) is 0 Å². The SMILES string of the molecule is COC(=O)[C@@H](Cc1ccc(I)cc1)NC(=O)CCC(=O)N[C@H](C)c1ccccc1. The lowest BCUT2D eigenvalue weighted by atomic mass is 10.1. The van der Waals surface area contributed by atoms with E-state index in [9.17, 15) is 14.4 Å². The predicted molar refractivity (Wildman–Crippen MR) is 119 cm³/mol. The van der Waals surface area contributed by atoms with Crippen LogP contribution < -0.4 is 10.6 Å². The van der Waals surface area contributed by atoms with Gasteiger partial charge in [0.2, 0.25) is 11.8 Å². The van der Waals surface area contributed by atoms with Gasteiger partial charge >= 0.3 is 5.97 Å². The molecule has 0 spiro atoms. The van der Waals surface area contributed by atoms with Gasteiger partial charge in [0.25, 0.3) is 0 Å². The van der Waals surface area contributed by atoms with Crippen LogP contribution in [0.1, 0.15) is 36.9 Å². The molecule has 0 heterocycles. The van der Waals surface area contributed by atoms with E-state index >= 15 is 0 Å². The van der Waals surface area contributed by atoms with Gasteiger partial charge in [-0.25, -0.2) is 4.79 Å². The molecule has 154 valence electrons. The van der Waals surface area contributed by atoms with Gasteiger partial charge in [-0.2, -0.15) is 0 Å². The summed E-state index contributed by atoms with van der Waals surface area (Å²) in [6, 6.07) is 16.3. The van der Waals surface area contributed by atoms with E-state index < -0.39 is 12.0 Å². The van der Waals surface area contributed by atoms with Gasteiger partial charge in [0, 0.05) is 22.8 Å². The van der Waals surface area contributed by atoms with Gasteiger partial charge in [0.15, 0.2) is 0 Å². The first-order valence-corrected chi connectivity index (χ1v) is 10.4. The summed E-state index contributed by atoms with van der Waals surface area (Å²) in [5, 5.41) is 5.55. The molecule has 0 aliphatic heterocycles. The lowest BCUT2D eigenvalue weighted by Crippen LogP contribution is -2.43. The normalized spacial score (nSPS) is 12.5. The smallest absolute Gasteiger partial charge is 0.328 e. The third-order valence-electron chi connectivity index (χ3n) is 4.43. The number of amides is 2. The number of carbonyl (C=O) groups excluding carboxylic acids is 3. The van der Waals surface area contributed by atoms with Crippen molar-refractivity contribution in [3.05, 3.63) is 69.3 Å². The third kappa shape index (κ3) is 7.84. The summed E-state index contributed by atoms with van der Waals surface area (Å²) >= 11 is 2.20. The Bertz CT molecular complexity index is 824. The average Bonchev–Trinajstić information content (AvgIpc) is 2.73. The Morgan fingerprint density at radius 1 is 0.931 bits per heavy atom. The lowest BCUT2D eigenvalue weighted by Gasteiger charge is -2.17. The third-order valence-corrected chi connectivity index (χ3v) is 5.15. The van der Waals surface area contributed by atoms with E-state index in [2.05, 4.69) is 33.2 Å². The molecule has 6 nitrogen and oxygen atoms in total. The molecule has 7 heteroatoms. The first-order valence-electron chi connectivity index (χ1n) is 9.35. The van der Waals surface area contributed by atoms with Gasteiger partial charge in [-0.05, 0) is 52.8 Å². The van der Waals surface area contributed by atoms with Crippen molar-refractivity contribution < 1.29 is 19.1 Å². The Morgan fingerprint density at radius 2 is 1.52 bits per heavy atom. The van der Waals surface area contributed by atoms with Crippen LogP contribution in [0, 0.1) is 3.57 Å². The molecular formula is C22H25IN2O4. The standard InChI is InChI=1S/C22H25IN2O4/c1-15(17-6-4-3-5-7-17)24-20(26)12-13-21(27)25-19(22(28)29-2)14-16-8-10-18(23)11-9-16/h3-11,15,19H,12-14H2,1-2H3,(H,24,26)(H,25,27)/t15-,19-/m1/s1. The van der Waals surface area contributed by atoms with Gasteiger partial charge < -0.3 is 15.4 Å². The topological polar surface area (TPSA) is 84.5 Å². The second-order valence-corrected chi connectivity index (χ2v) is 7.92. The molecule has 0 aliphatic rings. The van der Waals surface area contributed by atoms with Crippen LogP contribution >= 0.6 is 22.6 Å². The fourth-order valence-electron chi connectivity index (χ4n) is 2.82. The molecule has 0 saturated carbocycles. The maximum absolute atomic E-state index is 12.3. The highest BCUT2D eigenvalue weighted by molar-refractivity contribution is 14.1. The van der Waals surface area contributed by atoms with Crippen molar-refractivity contribution in [1.29, 1.82) is 0 Å². The van der Waals surface area contributed by atoms with Crippen LogP contribution in [0.2, 0.25) is 0 Å². The van der Waals surface area contributed by atoms with Crippen molar-refractivity contribution >= 4 is 40.4 Å². The molecule has 0 bridgehead atoms. The summed E-state index contributed by atoms with van der Waals surface area (Å²) in [6.45, 7) is 1.89. The van der Waals surface area contributed by atoms with E-state index in [1.807, 2.05) is 61.5 Å². The van der Waals surface area contributed by atoms with E-state index in [0.29, 0.717) is 6.42 Å². The zero-order chi connectivity index (χ0) is 21.2. The number of rotatable bonds is 9. The molecule has 2 aromatic rings. The van der Waals surface area contributed by atoms with Crippen molar-refractivity contribution in [2.75, 3.05) is 7.11 Å². The summed E-state index contributed by atoms with van der Waals surface area (Å²) in [4.78, 5) is 36.5. The molecule has 2 N–H and O–H groups in total. The number of halogens is 1. The number of esters is 1. The minimum absolute atomic E-state index is 0.00642. The van der Waals surface area contributed by atoms with E-state index in [4.69, 9.17) is 4.74 Å². The fraction of sp³-hybridized carbons (Fsp3) is 0.318. The summed E-state index contributed by atoms with van der Waals surface area (Å²) in [6.07, 6.45) is 0.362. The van der Waals surface area contributed by atoms with E-state index in [1.165, 1.54) is 7.11 Å². The number of benzene rings is 2. The number of hydrogen-bond donors (Lipinski definition) is 2. The summed E-state index contributed by atoms with van der Waals surface area (Å²) in [7, 11) is 1.29. The van der Waals surface area contributed by atoms with Crippen molar-refractivity contribution in [3.8, 4) is 0 Å². The Kier molecular flexibility index (Phi) is 9.11. The van der Waals surface area contributed by atoms with Gasteiger partial charge in [-0.1, -0.05) is 42.5 Å². The molecule has 0 fully saturated rings. The van der Waals surface area contributed by atoms with Gasteiger partial charge in [-0.3, -0.25) is 9.59 Å². The molecule has 0 aromatic heterocycles. The Labute approximate surface area is 184 Å². The van der Waals surface area contributed by atoms with Crippen LogP contribution in [0.5, 0.6) is 0 Å². The largest absolute Gasteiger partial charge is 0.467 e. The van der Waals surface area contributed by atoms with E-state index in [0.717, 1.165) is 14.7 Å².